The molecular weight excluding hydrogens is 337 g/mol. The monoisotopic (exact) mass is 355 g/mol. The second-order valence-corrected chi connectivity index (χ2v) is 7.30. The molecular formula is C19H18FN3OS. The van der Waals surface area contributed by atoms with Crippen molar-refractivity contribution in [2.45, 2.75) is 18.3 Å². The summed E-state index contributed by atoms with van der Waals surface area (Å²) < 4.78 is 14.6. The number of nitrogens with one attached hydrogen (secondary N) is 1. The molecule has 0 unspecified atom stereocenters. The van der Waals surface area contributed by atoms with Gasteiger partial charge >= 0.3 is 0 Å². The lowest BCUT2D eigenvalue weighted by Crippen LogP contribution is -2.33. The molecule has 1 aromatic carbocycles. The number of hydrogen-bond acceptors (Lipinski definition) is 3. The minimum atomic E-state index is -0.291. The molecule has 0 atom stereocenters. The summed E-state index contributed by atoms with van der Waals surface area (Å²) in [7, 11) is 1.74. The summed E-state index contributed by atoms with van der Waals surface area (Å²) in [6.07, 6.45) is 2.21. The second kappa shape index (κ2) is 6.11. The van der Waals surface area contributed by atoms with E-state index in [1.165, 1.54) is 17.7 Å². The van der Waals surface area contributed by atoms with Gasteiger partial charge in [0.1, 0.15) is 11.5 Å². The Hall–Kier alpha value is -2.47. The summed E-state index contributed by atoms with van der Waals surface area (Å²) in [5.41, 5.74) is 3.36. The fourth-order valence-corrected chi connectivity index (χ4v) is 3.85. The quantitative estimate of drug-likeness (QED) is 0.758. The van der Waals surface area contributed by atoms with Crippen molar-refractivity contribution in [3.63, 3.8) is 0 Å². The Kier molecular flexibility index (Phi) is 3.92. The van der Waals surface area contributed by atoms with Crippen LogP contribution in [0.2, 0.25) is 0 Å². The Balaban J connectivity index is 1.48. The van der Waals surface area contributed by atoms with Crippen LogP contribution in [0.5, 0.6) is 0 Å². The summed E-state index contributed by atoms with van der Waals surface area (Å²) in [5.74, 6) is -0.425. The lowest BCUT2D eigenvalue weighted by atomic mass is 9.99. The van der Waals surface area contributed by atoms with Gasteiger partial charge in [0.2, 0.25) is 0 Å². The first-order valence-corrected chi connectivity index (χ1v) is 9.13. The fourth-order valence-electron chi connectivity index (χ4n) is 3.07. The topological polar surface area (TPSA) is 46.9 Å². The van der Waals surface area contributed by atoms with Crippen LogP contribution in [0.1, 0.15) is 28.9 Å². The molecule has 3 aromatic rings. The number of thiophene rings is 1. The SMILES string of the molecule is Cn1nc(-c2ccc(F)cc2)cc1C(=O)NCC1(c2ccsc2)CC1. The lowest BCUT2D eigenvalue weighted by molar-refractivity contribution is 0.0940. The maximum absolute atomic E-state index is 13.1. The van der Waals surface area contributed by atoms with E-state index in [4.69, 9.17) is 0 Å². The molecule has 25 heavy (non-hydrogen) atoms. The van der Waals surface area contributed by atoms with Crippen LogP contribution in [-0.2, 0) is 12.5 Å². The van der Waals surface area contributed by atoms with Gasteiger partial charge in [-0.15, -0.1) is 0 Å². The third-order valence-corrected chi connectivity index (χ3v) is 5.51. The molecule has 1 aliphatic carbocycles. The van der Waals surface area contributed by atoms with Crippen molar-refractivity contribution in [2.75, 3.05) is 6.54 Å². The van der Waals surface area contributed by atoms with Crippen molar-refractivity contribution >= 4 is 17.2 Å². The predicted molar refractivity (Wildman–Crippen MR) is 96.2 cm³/mol. The average Bonchev–Trinajstić information content (AvgIpc) is 3.02. The summed E-state index contributed by atoms with van der Waals surface area (Å²) in [6, 6.07) is 9.99. The molecule has 2 aromatic heterocycles. The molecule has 1 N–H and O–H groups in total. The van der Waals surface area contributed by atoms with Gasteiger partial charge in [-0.2, -0.15) is 16.4 Å². The normalized spacial score (nSPS) is 15.1. The first-order valence-electron chi connectivity index (χ1n) is 8.18. The molecule has 4 rings (SSSR count). The first-order chi connectivity index (χ1) is 12.1. The maximum atomic E-state index is 13.1. The molecule has 0 saturated heterocycles. The number of hydrogen-bond donors (Lipinski definition) is 1. The molecule has 4 nitrogen and oxygen atoms in total. The van der Waals surface area contributed by atoms with Crippen molar-refractivity contribution in [1.29, 1.82) is 0 Å². The minimum absolute atomic E-state index is 0.105. The van der Waals surface area contributed by atoms with Crippen LogP contribution in [0, 0.1) is 5.82 Å². The van der Waals surface area contributed by atoms with Gasteiger partial charge in [-0.3, -0.25) is 9.48 Å². The largest absolute Gasteiger partial charge is 0.350 e. The molecule has 6 heteroatoms. The molecule has 0 spiro atoms. The zero-order valence-corrected chi connectivity index (χ0v) is 14.6. The van der Waals surface area contributed by atoms with Crippen molar-refractivity contribution in [3.8, 4) is 11.3 Å². The lowest BCUT2D eigenvalue weighted by Gasteiger charge is -2.14. The highest BCUT2D eigenvalue weighted by Gasteiger charge is 2.44. The minimum Gasteiger partial charge on any atom is -0.350 e. The van der Waals surface area contributed by atoms with Crippen molar-refractivity contribution < 1.29 is 9.18 Å². The number of rotatable bonds is 5. The zero-order chi connectivity index (χ0) is 17.4. The van der Waals surface area contributed by atoms with Gasteiger partial charge < -0.3 is 5.32 Å². The summed E-state index contributed by atoms with van der Waals surface area (Å²) >= 11 is 1.69. The molecule has 0 aliphatic heterocycles. The third kappa shape index (κ3) is 3.09. The highest BCUT2D eigenvalue weighted by atomic mass is 32.1. The van der Waals surface area contributed by atoms with E-state index >= 15 is 0 Å². The fraction of sp³-hybridized carbons (Fsp3) is 0.263. The number of aromatic nitrogens is 2. The average molecular weight is 355 g/mol. The van der Waals surface area contributed by atoms with Gasteiger partial charge in [0.25, 0.3) is 5.91 Å². The van der Waals surface area contributed by atoms with Gasteiger partial charge in [-0.25, -0.2) is 4.39 Å². The van der Waals surface area contributed by atoms with E-state index in [9.17, 15) is 9.18 Å². The van der Waals surface area contributed by atoms with Gasteiger partial charge in [0.05, 0.1) is 5.69 Å². The van der Waals surface area contributed by atoms with E-state index in [2.05, 4.69) is 27.2 Å². The van der Waals surface area contributed by atoms with Crippen LogP contribution in [-0.4, -0.2) is 22.2 Å². The Morgan fingerprint density at radius 2 is 2.08 bits per heavy atom. The molecule has 1 fully saturated rings. The molecule has 1 aliphatic rings. The zero-order valence-electron chi connectivity index (χ0n) is 13.8. The molecule has 2 heterocycles. The number of nitrogens with zero attached hydrogens (tertiary/aromatic N) is 2. The summed E-state index contributed by atoms with van der Waals surface area (Å²) in [6.45, 7) is 0.639. The summed E-state index contributed by atoms with van der Waals surface area (Å²) in [5, 5.41) is 11.7. The smallest absolute Gasteiger partial charge is 0.269 e. The van der Waals surface area contributed by atoms with Crippen LogP contribution in [0.3, 0.4) is 0 Å². The van der Waals surface area contributed by atoms with Crippen LogP contribution < -0.4 is 5.32 Å². The molecule has 0 radical (unpaired) electrons. The van der Waals surface area contributed by atoms with Gasteiger partial charge in [0, 0.05) is 24.6 Å². The second-order valence-electron chi connectivity index (χ2n) is 6.52. The Bertz CT molecular complexity index is 895. The van der Waals surface area contributed by atoms with Crippen LogP contribution in [0.4, 0.5) is 4.39 Å². The van der Waals surface area contributed by atoms with E-state index in [0.29, 0.717) is 17.9 Å². The number of halogens is 1. The molecule has 0 bridgehead atoms. The van der Waals surface area contributed by atoms with E-state index in [1.54, 1.807) is 41.3 Å². The van der Waals surface area contributed by atoms with Crippen molar-refractivity contribution in [2.24, 2.45) is 7.05 Å². The van der Waals surface area contributed by atoms with E-state index in [1.807, 2.05) is 0 Å². The van der Waals surface area contributed by atoms with Crippen LogP contribution >= 0.6 is 11.3 Å². The van der Waals surface area contributed by atoms with E-state index < -0.39 is 0 Å². The van der Waals surface area contributed by atoms with Crippen LogP contribution in [0.25, 0.3) is 11.3 Å². The molecule has 1 amide bonds. The van der Waals surface area contributed by atoms with Gasteiger partial charge in [-0.1, -0.05) is 0 Å². The third-order valence-electron chi connectivity index (χ3n) is 4.83. The standard InChI is InChI=1S/C19H18FN3OS/c1-23-17(10-16(22-23)13-2-4-15(20)5-3-13)18(24)21-12-19(7-8-19)14-6-9-25-11-14/h2-6,9-11H,7-8,12H2,1H3,(H,21,24). The molecule has 128 valence electrons. The van der Waals surface area contributed by atoms with E-state index in [0.717, 1.165) is 18.4 Å². The Morgan fingerprint density at radius 1 is 1.32 bits per heavy atom. The Labute approximate surface area is 149 Å². The number of amides is 1. The maximum Gasteiger partial charge on any atom is 0.269 e. The number of aryl methyl sites for hydroxylation is 1. The Morgan fingerprint density at radius 3 is 2.72 bits per heavy atom. The highest BCUT2D eigenvalue weighted by molar-refractivity contribution is 7.08. The van der Waals surface area contributed by atoms with Gasteiger partial charge in [-0.05, 0) is 65.6 Å². The van der Waals surface area contributed by atoms with Gasteiger partial charge in [0.15, 0.2) is 0 Å². The number of carbonyl (C=O) groups is 1. The first kappa shape index (κ1) is 16.0. The number of benzene rings is 1. The van der Waals surface area contributed by atoms with Crippen molar-refractivity contribution in [3.05, 3.63) is 64.2 Å². The number of carbonyl (C=O) groups excluding carboxylic acids is 1. The summed E-state index contributed by atoms with van der Waals surface area (Å²) in [4.78, 5) is 12.6. The molecule has 1 saturated carbocycles. The van der Waals surface area contributed by atoms with Crippen molar-refractivity contribution in [1.82, 2.24) is 15.1 Å². The highest BCUT2D eigenvalue weighted by Crippen LogP contribution is 2.48. The predicted octanol–water partition coefficient (Wildman–Crippen LogP) is 3.75. The van der Waals surface area contributed by atoms with Crippen LogP contribution in [0.15, 0.2) is 47.2 Å². The van der Waals surface area contributed by atoms with E-state index in [-0.39, 0.29) is 17.1 Å².